The largest absolute Gasteiger partial charge is 0.480 e. The highest BCUT2D eigenvalue weighted by molar-refractivity contribution is 7.80. The van der Waals surface area contributed by atoms with E-state index in [1.54, 1.807) is 0 Å². The Bertz CT molecular complexity index is 764. The van der Waals surface area contributed by atoms with Gasteiger partial charge in [-0.1, -0.05) is 30.3 Å². The molecule has 0 radical (unpaired) electrons. The zero-order chi connectivity index (χ0) is 24.1. The Labute approximate surface area is 193 Å². The molecule has 1 aromatic rings. The van der Waals surface area contributed by atoms with Crippen molar-refractivity contribution in [3.05, 3.63) is 35.9 Å². The molecule has 10 nitrogen and oxygen atoms in total. The van der Waals surface area contributed by atoms with Gasteiger partial charge in [-0.25, -0.2) is 0 Å². The van der Waals surface area contributed by atoms with E-state index >= 15 is 0 Å². The number of carboxylic acid groups (broad SMARTS) is 1. The van der Waals surface area contributed by atoms with Gasteiger partial charge in [0.15, 0.2) is 0 Å². The van der Waals surface area contributed by atoms with Crippen LogP contribution in [0.5, 0.6) is 0 Å². The lowest BCUT2D eigenvalue weighted by Gasteiger charge is -2.24. The fourth-order valence-electron chi connectivity index (χ4n) is 2.84. The summed E-state index contributed by atoms with van der Waals surface area (Å²) in [6, 6.07) is 5.24. The maximum atomic E-state index is 12.7. The number of carboxylic acids is 1. The molecule has 1 rings (SSSR count). The van der Waals surface area contributed by atoms with Gasteiger partial charge in [0, 0.05) is 5.75 Å². The van der Waals surface area contributed by atoms with Crippen molar-refractivity contribution in [2.24, 2.45) is 11.5 Å². The molecular formula is C21H33N5O5S. The van der Waals surface area contributed by atoms with Gasteiger partial charge >= 0.3 is 5.97 Å². The van der Waals surface area contributed by atoms with Crippen LogP contribution in [0.3, 0.4) is 0 Å². The van der Waals surface area contributed by atoms with Gasteiger partial charge in [0.05, 0.1) is 6.04 Å². The Morgan fingerprint density at radius 3 is 2.12 bits per heavy atom. The van der Waals surface area contributed by atoms with E-state index in [0.29, 0.717) is 25.8 Å². The number of unbranched alkanes of at least 4 members (excludes halogenated alkanes) is 1. The molecule has 178 valence electrons. The highest BCUT2D eigenvalue weighted by atomic mass is 32.1. The number of thiol groups is 1. The molecule has 0 saturated heterocycles. The second-order valence-corrected chi connectivity index (χ2v) is 7.82. The van der Waals surface area contributed by atoms with Gasteiger partial charge < -0.3 is 32.5 Å². The van der Waals surface area contributed by atoms with Crippen molar-refractivity contribution in [2.75, 3.05) is 12.3 Å². The number of nitrogens with two attached hydrogens (primary N) is 2. The van der Waals surface area contributed by atoms with Crippen molar-refractivity contribution in [1.82, 2.24) is 16.0 Å². The van der Waals surface area contributed by atoms with Crippen LogP contribution < -0.4 is 27.4 Å². The van der Waals surface area contributed by atoms with Gasteiger partial charge in [0.25, 0.3) is 0 Å². The van der Waals surface area contributed by atoms with Crippen molar-refractivity contribution in [3.63, 3.8) is 0 Å². The molecule has 1 aromatic carbocycles. The summed E-state index contributed by atoms with van der Waals surface area (Å²) in [7, 11) is 0. The predicted molar refractivity (Wildman–Crippen MR) is 124 cm³/mol. The molecule has 0 bridgehead atoms. The normalized spacial score (nSPS) is 14.5. The number of rotatable bonds is 14. The highest BCUT2D eigenvalue weighted by Crippen LogP contribution is 2.05. The van der Waals surface area contributed by atoms with Crippen LogP contribution in [0.2, 0.25) is 0 Å². The zero-order valence-electron chi connectivity index (χ0n) is 18.1. The van der Waals surface area contributed by atoms with Crippen LogP contribution in [-0.2, 0) is 25.6 Å². The third-order valence-corrected chi connectivity index (χ3v) is 5.13. The first-order chi connectivity index (χ1) is 15.2. The number of hydrogen-bond donors (Lipinski definition) is 7. The molecule has 4 unspecified atom stereocenters. The average Bonchev–Trinajstić information content (AvgIpc) is 2.76. The second-order valence-electron chi connectivity index (χ2n) is 7.45. The van der Waals surface area contributed by atoms with Crippen LogP contribution in [-0.4, -0.2) is 65.3 Å². The molecule has 0 heterocycles. The minimum Gasteiger partial charge on any atom is -0.480 e. The lowest BCUT2D eigenvalue weighted by molar-refractivity contribution is -0.141. The summed E-state index contributed by atoms with van der Waals surface area (Å²) in [5.74, 6) is -2.98. The summed E-state index contributed by atoms with van der Waals surface area (Å²) in [4.78, 5) is 48.7. The van der Waals surface area contributed by atoms with Crippen molar-refractivity contribution in [1.29, 1.82) is 0 Å². The smallest absolute Gasteiger partial charge is 0.325 e. The molecule has 0 fully saturated rings. The number of hydrogen-bond acceptors (Lipinski definition) is 7. The Morgan fingerprint density at radius 2 is 1.56 bits per heavy atom. The molecule has 11 heteroatoms. The van der Waals surface area contributed by atoms with E-state index in [0.717, 1.165) is 5.56 Å². The van der Waals surface area contributed by atoms with Gasteiger partial charge in [0.2, 0.25) is 17.7 Å². The van der Waals surface area contributed by atoms with Gasteiger partial charge in [0.1, 0.15) is 18.1 Å². The lowest BCUT2D eigenvalue weighted by Crippen LogP contribution is -2.57. The Kier molecular flexibility index (Phi) is 12.4. The monoisotopic (exact) mass is 467 g/mol. The third kappa shape index (κ3) is 9.67. The first-order valence-electron chi connectivity index (χ1n) is 10.4. The van der Waals surface area contributed by atoms with Crippen LogP contribution in [0.15, 0.2) is 30.3 Å². The van der Waals surface area contributed by atoms with E-state index in [-0.39, 0.29) is 12.2 Å². The predicted octanol–water partition coefficient (Wildman–Crippen LogP) is -0.826. The van der Waals surface area contributed by atoms with E-state index < -0.39 is 47.9 Å². The molecule has 8 N–H and O–H groups in total. The van der Waals surface area contributed by atoms with E-state index in [1.165, 1.54) is 6.92 Å². The topological polar surface area (TPSA) is 177 Å². The Morgan fingerprint density at radius 1 is 0.969 bits per heavy atom. The molecule has 0 saturated carbocycles. The summed E-state index contributed by atoms with van der Waals surface area (Å²) in [5.41, 5.74) is 12.3. The SMILES string of the molecule is CC(NC(=O)C(CCCCN)NC(=O)C(CS)NC(=O)C(N)Cc1ccccc1)C(=O)O. The van der Waals surface area contributed by atoms with Crippen LogP contribution in [0.1, 0.15) is 31.7 Å². The molecule has 0 spiro atoms. The molecular weight excluding hydrogens is 434 g/mol. The number of benzene rings is 1. The van der Waals surface area contributed by atoms with Gasteiger partial charge in [-0.3, -0.25) is 19.2 Å². The van der Waals surface area contributed by atoms with Crippen molar-refractivity contribution < 1.29 is 24.3 Å². The zero-order valence-corrected chi connectivity index (χ0v) is 19.0. The van der Waals surface area contributed by atoms with E-state index in [1.807, 2.05) is 30.3 Å². The number of carbonyl (C=O) groups is 4. The van der Waals surface area contributed by atoms with E-state index in [9.17, 15) is 19.2 Å². The molecule has 4 atom stereocenters. The number of amides is 3. The fourth-order valence-corrected chi connectivity index (χ4v) is 3.10. The molecule has 0 aliphatic carbocycles. The van der Waals surface area contributed by atoms with Crippen LogP contribution in [0, 0.1) is 0 Å². The average molecular weight is 468 g/mol. The summed E-state index contributed by atoms with van der Waals surface area (Å²) < 4.78 is 0. The lowest BCUT2D eigenvalue weighted by atomic mass is 10.1. The van der Waals surface area contributed by atoms with Gasteiger partial charge in [-0.2, -0.15) is 12.6 Å². The van der Waals surface area contributed by atoms with E-state index in [4.69, 9.17) is 16.6 Å². The van der Waals surface area contributed by atoms with Gasteiger partial charge in [-0.15, -0.1) is 0 Å². The van der Waals surface area contributed by atoms with Crippen LogP contribution >= 0.6 is 12.6 Å². The second kappa shape index (κ2) is 14.4. The van der Waals surface area contributed by atoms with Crippen molar-refractivity contribution in [2.45, 2.75) is 56.8 Å². The van der Waals surface area contributed by atoms with Crippen LogP contribution in [0.4, 0.5) is 0 Å². The summed E-state index contributed by atoms with van der Waals surface area (Å²) in [5, 5.41) is 16.5. The maximum Gasteiger partial charge on any atom is 0.325 e. The fraction of sp³-hybridized carbons (Fsp3) is 0.524. The minimum absolute atomic E-state index is 0.0156. The van der Waals surface area contributed by atoms with Crippen molar-refractivity contribution >= 4 is 36.3 Å². The summed E-state index contributed by atoms with van der Waals surface area (Å²) in [6.45, 7) is 1.74. The Hall–Kier alpha value is -2.63. The molecule has 0 aromatic heterocycles. The minimum atomic E-state index is -1.20. The standard InChI is InChI=1S/C21H33N5O5S/c1-13(21(30)31)24-19(28)16(9-5-6-10-22)25-20(29)17(12-32)26-18(27)15(23)11-14-7-3-2-4-8-14/h2-4,7-8,13,15-17,32H,5-6,9-12,22-23H2,1H3,(H,24,28)(H,25,29)(H,26,27)(H,30,31). The highest BCUT2D eigenvalue weighted by Gasteiger charge is 2.28. The third-order valence-electron chi connectivity index (χ3n) is 4.76. The molecule has 32 heavy (non-hydrogen) atoms. The van der Waals surface area contributed by atoms with Crippen molar-refractivity contribution in [3.8, 4) is 0 Å². The number of carbonyl (C=O) groups excluding carboxylic acids is 3. The maximum absolute atomic E-state index is 12.7. The molecule has 3 amide bonds. The summed E-state index contributed by atoms with van der Waals surface area (Å²) in [6.07, 6.45) is 1.75. The number of nitrogens with one attached hydrogen (secondary N) is 3. The molecule has 0 aliphatic rings. The first kappa shape index (κ1) is 27.4. The van der Waals surface area contributed by atoms with E-state index in [2.05, 4.69) is 28.6 Å². The first-order valence-corrected chi connectivity index (χ1v) is 11.1. The van der Waals surface area contributed by atoms with Gasteiger partial charge in [-0.05, 0) is 44.7 Å². The quantitative estimate of drug-likeness (QED) is 0.138. The molecule has 0 aliphatic heterocycles. The van der Waals surface area contributed by atoms with Crippen LogP contribution in [0.25, 0.3) is 0 Å². The number of aliphatic carboxylic acids is 1. The Balaban J connectivity index is 2.75. The summed E-state index contributed by atoms with van der Waals surface area (Å²) >= 11 is 4.13.